The molecule has 1 amide bonds. The number of rotatable bonds is 4. The smallest absolute Gasteiger partial charge is 0.290 e. The lowest BCUT2D eigenvalue weighted by Crippen LogP contribution is -2.32. The molecule has 3 aromatic rings. The zero-order chi connectivity index (χ0) is 20.0. The minimum Gasteiger partial charge on any atom is -0.450 e. The first-order valence-electron chi connectivity index (χ1n) is 9.05. The highest BCUT2D eigenvalue weighted by Gasteiger charge is 2.42. The van der Waals surface area contributed by atoms with Crippen LogP contribution in [0.5, 0.6) is 0 Å². The van der Waals surface area contributed by atoms with Crippen molar-refractivity contribution in [3.63, 3.8) is 0 Å². The second kappa shape index (κ2) is 6.87. The summed E-state index contributed by atoms with van der Waals surface area (Å²) in [6.45, 7) is 4.45. The standard InChI is InChI=1S/C22H20FNO4/c1-12-10-16-17(11-13(12)2)28-21-18(20(16)25)19(14-4-6-15(23)7-5-14)24(22(21)26)8-9-27-3/h4-7,10-11,19H,8-9H2,1-3H3/t19-/m1/s1. The summed E-state index contributed by atoms with van der Waals surface area (Å²) in [5.74, 6) is -0.696. The topological polar surface area (TPSA) is 59.8 Å². The molecule has 0 saturated heterocycles. The van der Waals surface area contributed by atoms with Crippen LogP contribution in [0.4, 0.5) is 4.39 Å². The third kappa shape index (κ3) is 2.81. The van der Waals surface area contributed by atoms with E-state index >= 15 is 0 Å². The molecule has 0 unspecified atom stereocenters. The lowest BCUT2D eigenvalue weighted by molar-refractivity contribution is 0.0663. The molecule has 4 rings (SSSR count). The fraction of sp³-hybridized carbons (Fsp3) is 0.273. The van der Waals surface area contributed by atoms with Gasteiger partial charge in [0.05, 0.1) is 23.6 Å². The molecule has 0 aliphatic carbocycles. The third-order valence-corrected chi connectivity index (χ3v) is 5.30. The molecular weight excluding hydrogens is 361 g/mol. The lowest BCUT2D eigenvalue weighted by atomic mass is 9.97. The highest BCUT2D eigenvalue weighted by molar-refractivity contribution is 5.99. The van der Waals surface area contributed by atoms with E-state index in [1.807, 2.05) is 13.8 Å². The first kappa shape index (κ1) is 18.4. The Morgan fingerprint density at radius 2 is 1.79 bits per heavy atom. The van der Waals surface area contributed by atoms with E-state index in [9.17, 15) is 14.0 Å². The minimum atomic E-state index is -0.638. The van der Waals surface area contributed by atoms with E-state index < -0.39 is 6.04 Å². The number of benzene rings is 2. The number of carbonyl (C=O) groups excluding carboxylic acids is 1. The summed E-state index contributed by atoms with van der Waals surface area (Å²) in [6.07, 6.45) is 0. The molecule has 2 heterocycles. The van der Waals surface area contributed by atoms with Gasteiger partial charge in [-0.25, -0.2) is 4.39 Å². The Balaban J connectivity index is 1.98. The van der Waals surface area contributed by atoms with Gasteiger partial charge in [-0.15, -0.1) is 0 Å². The molecule has 28 heavy (non-hydrogen) atoms. The Bertz CT molecular complexity index is 1130. The van der Waals surface area contributed by atoms with E-state index in [1.54, 1.807) is 36.3 Å². The van der Waals surface area contributed by atoms with Crippen molar-refractivity contribution >= 4 is 16.9 Å². The maximum atomic E-state index is 13.4. The highest BCUT2D eigenvalue weighted by atomic mass is 19.1. The quantitative estimate of drug-likeness (QED) is 0.691. The predicted molar refractivity (Wildman–Crippen MR) is 103 cm³/mol. The van der Waals surface area contributed by atoms with Crippen molar-refractivity contribution in [1.29, 1.82) is 0 Å². The van der Waals surface area contributed by atoms with Crippen molar-refractivity contribution in [3.05, 3.63) is 80.5 Å². The fourth-order valence-corrected chi connectivity index (χ4v) is 3.69. The number of carbonyl (C=O) groups is 1. The van der Waals surface area contributed by atoms with E-state index in [4.69, 9.17) is 9.15 Å². The highest BCUT2D eigenvalue weighted by Crippen LogP contribution is 2.38. The second-order valence-corrected chi connectivity index (χ2v) is 7.05. The molecule has 1 aliphatic heterocycles. The van der Waals surface area contributed by atoms with E-state index in [0.29, 0.717) is 28.7 Å². The van der Waals surface area contributed by atoms with Gasteiger partial charge in [0.15, 0.2) is 5.43 Å². The average Bonchev–Trinajstić information content (AvgIpc) is 2.95. The van der Waals surface area contributed by atoms with Crippen molar-refractivity contribution in [2.75, 3.05) is 20.3 Å². The van der Waals surface area contributed by atoms with Crippen molar-refractivity contribution in [1.82, 2.24) is 4.90 Å². The first-order valence-corrected chi connectivity index (χ1v) is 9.05. The van der Waals surface area contributed by atoms with Crippen molar-refractivity contribution < 1.29 is 18.3 Å². The van der Waals surface area contributed by atoms with Crippen molar-refractivity contribution in [3.8, 4) is 0 Å². The monoisotopic (exact) mass is 381 g/mol. The zero-order valence-electron chi connectivity index (χ0n) is 15.9. The van der Waals surface area contributed by atoms with Gasteiger partial charge in [-0.05, 0) is 54.8 Å². The average molecular weight is 381 g/mol. The van der Waals surface area contributed by atoms with Gasteiger partial charge in [-0.3, -0.25) is 9.59 Å². The van der Waals surface area contributed by atoms with Crippen LogP contribution in [0, 0.1) is 19.7 Å². The van der Waals surface area contributed by atoms with Crippen molar-refractivity contribution in [2.45, 2.75) is 19.9 Å². The third-order valence-electron chi connectivity index (χ3n) is 5.30. The van der Waals surface area contributed by atoms with Gasteiger partial charge in [0, 0.05) is 13.7 Å². The maximum absolute atomic E-state index is 13.4. The van der Waals surface area contributed by atoms with Crippen molar-refractivity contribution in [2.24, 2.45) is 0 Å². The molecule has 1 aromatic heterocycles. The van der Waals surface area contributed by atoms with Gasteiger partial charge < -0.3 is 14.1 Å². The molecule has 0 N–H and O–H groups in total. The number of amides is 1. The Labute approximate surface area is 161 Å². The molecule has 5 nitrogen and oxygen atoms in total. The number of hydrogen-bond donors (Lipinski definition) is 0. The summed E-state index contributed by atoms with van der Waals surface area (Å²) in [4.78, 5) is 28.0. The van der Waals surface area contributed by atoms with Crippen LogP contribution < -0.4 is 5.43 Å². The molecule has 1 aliphatic rings. The second-order valence-electron chi connectivity index (χ2n) is 7.05. The Kier molecular flexibility index (Phi) is 4.51. The van der Waals surface area contributed by atoms with Crippen LogP contribution in [0.15, 0.2) is 45.6 Å². The Morgan fingerprint density at radius 1 is 1.11 bits per heavy atom. The predicted octanol–water partition coefficient (Wildman–Crippen LogP) is 3.74. The van der Waals surface area contributed by atoms with Crippen LogP contribution in [-0.4, -0.2) is 31.1 Å². The Morgan fingerprint density at radius 3 is 2.46 bits per heavy atom. The van der Waals surface area contributed by atoms with Crippen LogP contribution in [0.1, 0.15) is 38.9 Å². The van der Waals surface area contributed by atoms with E-state index in [0.717, 1.165) is 11.1 Å². The lowest BCUT2D eigenvalue weighted by Gasteiger charge is -2.24. The van der Waals surface area contributed by atoms with Gasteiger partial charge in [0.25, 0.3) is 5.91 Å². The summed E-state index contributed by atoms with van der Waals surface area (Å²) in [5.41, 5.74) is 3.06. The molecule has 0 bridgehead atoms. The summed E-state index contributed by atoms with van der Waals surface area (Å²) < 4.78 is 24.5. The summed E-state index contributed by atoms with van der Waals surface area (Å²) in [6, 6.07) is 8.76. The molecule has 0 spiro atoms. The zero-order valence-corrected chi connectivity index (χ0v) is 15.9. The summed E-state index contributed by atoms with van der Waals surface area (Å²) >= 11 is 0. The first-order chi connectivity index (χ1) is 13.4. The number of hydrogen-bond acceptors (Lipinski definition) is 4. The number of methoxy groups -OCH3 is 1. The van der Waals surface area contributed by atoms with Gasteiger partial charge >= 0.3 is 0 Å². The number of halogens is 1. The number of nitrogens with zero attached hydrogens (tertiary/aromatic N) is 1. The summed E-state index contributed by atoms with van der Waals surface area (Å²) in [7, 11) is 1.55. The largest absolute Gasteiger partial charge is 0.450 e. The molecule has 2 aromatic carbocycles. The van der Waals surface area contributed by atoms with Gasteiger partial charge in [0.2, 0.25) is 5.76 Å². The van der Waals surface area contributed by atoms with Crippen LogP contribution in [0.2, 0.25) is 0 Å². The van der Waals surface area contributed by atoms with Gasteiger partial charge in [0.1, 0.15) is 11.4 Å². The number of ether oxygens (including phenoxy) is 1. The van der Waals surface area contributed by atoms with Crippen LogP contribution in [0.25, 0.3) is 11.0 Å². The molecule has 0 saturated carbocycles. The summed E-state index contributed by atoms with van der Waals surface area (Å²) in [5, 5.41) is 0.440. The molecular formula is C22H20FNO4. The molecule has 0 fully saturated rings. The molecule has 6 heteroatoms. The SMILES string of the molecule is COCCN1C(=O)c2oc3cc(C)c(C)cc3c(=O)c2[C@H]1c1ccc(F)cc1. The van der Waals surface area contributed by atoms with E-state index in [1.165, 1.54) is 12.1 Å². The van der Waals surface area contributed by atoms with E-state index in [-0.39, 0.29) is 29.5 Å². The normalized spacial score (nSPS) is 16.1. The number of fused-ring (bicyclic) bond motifs is 2. The molecule has 0 radical (unpaired) electrons. The maximum Gasteiger partial charge on any atom is 0.290 e. The molecule has 1 atom stereocenters. The van der Waals surface area contributed by atoms with Crippen LogP contribution >= 0.6 is 0 Å². The Hall–Kier alpha value is -2.99. The number of aryl methyl sites for hydroxylation is 2. The van der Waals surface area contributed by atoms with Gasteiger partial charge in [-0.2, -0.15) is 0 Å². The fourth-order valence-electron chi connectivity index (χ4n) is 3.69. The molecule has 144 valence electrons. The van der Waals surface area contributed by atoms with Crippen LogP contribution in [-0.2, 0) is 4.74 Å². The van der Waals surface area contributed by atoms with E-state index in [2.05, 4.69) is 0 Å². The van der Waals surface area contributed by atoms with Gasteiger partial charge in [-0.1, -0.05) is 12.1 Å². The van der Waals surface area contributed by atoms with Crippen LogP contribution in [0.3, 0.4) is 0 Å². The minimum absolute atomic E-state index is 0.0474.